The van der Waals surface area contributed by atoms with Gasteiger partial charge >= 0.3 is 5.69 Å². The summed E-state index contributed by atoms with van der Waals surface area (Å²) >= 11 is 0. The molecule has 0 fully saturated rings. The van der Waals surface area contributed by atoms with E-state index in [2.05, 4.69) is 20.0 Å². The van der Waals surface area contributed by atoms with E-state index in [-0.39, 0.29) is 34.9 Å². The molecule has 134 valence electrons. The lowest BCUT2D eigenvalue weighted by atomic mass is 10.3. The molecule has 0 aliphatic carbocycles. The summed E-state index contributed by atoms with van der Waals surface area (Å²) in [6, 6.07) is 1.16. The first-order chi connectivity index (χ1) is 10.9. The van der Waals surface area contributed by atoms with Crippen molar-refractivity contribution in [3.8, 4) is 0 Å². The van der Waals surface area contributed by atoms with Crippen LogP contribution in [-0.4, -0.2) is 56.7 Å². The van der Waals surface area contributed by atoms with Crippen molar-refractivity contribution in [2.75, 3.05) is 33.4 Å². The van der Waals surface area contributed by atoms with Crippen molar-refractivity contribution < 1.29 is 13.2 Å². The number of sulfonamides is 1. The smallest absolute Gasteiger partial charge is 0.327 e. The second-order valence-corrected chi connectivity index (χ2v) is 6.38. The molecule has 2 aromatic heterocycles. The van der Waals surface area contributed by atoms with E-state index in [1.54, 1.807) is 7.11 Å². The van der Waals surface area contributed by atoms with Gasteiger partial charge in [0, 0.05) is 32.9 Å². The van der Waals surface area contributed by atoms with E-state index < -0.39 is 21.3 Å². The van der Waals surface area contributed by atoms with E-state index in [9.17, 15) is 18.0 Å². The van der Waals surface area contributed by atoms with Gasteiger partial charge < -0.3 is 10.1 Å². The lowest BCUT2D eigenvalue weighted by molar-refractivity contribution is 0.199. The van der Waals surface area contributed by atoms with Gasteiger partial charge in [0.15, 0.2) is 0 Å². The second-order valence-electron chi connectivity index (χ2n) is 4.62. The quantitative estimate of drug-likeness (QED) is 0.410. The molecule has 24 heavy (non-hydrogen) atoms. The lowest BCUT2D eigenvalue weighted by Gasteiger charge is -2.08. The number of rotatable bonds is 8. The molecular formula is C12H18ClN5O5S. The summed E-state index contributed by atoms with van der Waals surface area (Å²) in [7, 11) is -2.22. The number of ether oxygens (including phenoxy) is 1. The van der Waals surface area contributed by atoms with Crippen molar-refractivity contribution in [2.45, 2.75) is 4.90 Å². The molecule has 2 aromatic rings. The standard InChI is InChI=1S/C12H17N5O5S.ClH/c1-22-5-4-13-2-3-15-23(20,21)8-6-9-10(14-7-8)16-12(19)17-11(9)18;/h6-7,13,15H,2-5H2,1H3,(H2,14,16,17,18,19);1H. The number of aromatic nitrogens is 3. The van der Waals surface area contributed by atoms with Crippen LogP contribution in [0.5, 0.6) is 0 Å². The number of fused-ring (bicyclic) bond motifs is 1. The molecule has 0 saturated heterocycles. The summed E-state index contributed by atoms with van der Waals surface area (Å²) in [4.78, 5) is 30.8. The molecule has 0 atom stereocenters. The maximum atomic E-state index is 12.2. The van der Waals surface area contributed by atoms with E-state index in [0.29, 0.717) is 19.7 Å². The van der Waals surface area contributed by atoms with Gasteiger partial charge in [0.25, 0.3) is 5.56 Å². The molecule has 0 unspecified atom stereocenters. The molecule has 0 aliphatic heterocycles. The Morgan fingerprint density at radius 2 is 1.96 bits per heavy atom. The first-order valence-electron chi connectivity index (χ1n) is 6.76. The zero-order chi connectivity index (χ0) is 16.9. The van der Waals surface area contributed by atoms with Crippen molar-refractivity contribution >= 4 is 33.5 Å². The van der Waals surface area contributed by atoms with E-state index in [0.717, 1.165) is 12.3 Å². The highest BCUT2D eigenvalue weighted by atomic mass is 35.5. The molecule has 0 aromatic carbocycles. The first kappa shape index (κ1) is 20.3. The molecule has 0 amide bonds. The zero-order valence-corrected chi connectivity index (χ0v) is 14.4. The van der Waals surface area contributed by atoms with Crippen molar-refractivity contribution in [1.29, 1.82) is 0 Å². The average Bonchev–Trinajstić information content (AvgIpc) is 2.50. The Hall–Kier alpha value is -1.79. The molecule has 0 saturated carbocycles. The number of pyridine rings is 1. The Balaban J connectivity index is 0.00000288. The number of aromatic amines is 2. The van der Waals surface area contributed by atoms with Gasteiger partial charge in [-0.2, -0.15) is 0 Å². The summed E-state index contributed by atoms with van der Waals surface area (Å²) in [6.45, 7) is 1.74. The van der Waals surface area contributed by atoms with Crippen molar-refractivity contribution in [3.05, 3.63) is 33.1 Å². The van der Waals surface area contributed by atoms with Crippen LogP contribution in [-0.2, 0) is 14.8 Å². The highest BCUT2D eigenvalue weighted by molar-refractivity contribution is 7.89. The second kappa shape index (κ2) is 8.89. The number of nitrogens with zero attached hydrogens (tertiary/aromatic N) is 1. The molecule has 0 aliphatic rings. The number of hydrogen-bond acceptors (Lipinski definition) is 7. The van der Waals surface area contributed by atoms with Gasteiger partial charge in [-0.05, 0) is 6.07 Å². The topological polar surface area (TPSA) is 146 Å². The van der Waals surface area contributed by atoms with Crippen LogP contribution in [0, 0.1) is 0 Å². The minimum absolute atomic E-state index is 0. The van der Waals surface area contributed by atoms with E-state index >= 15 is 0 Å². The third kappa shape index (κ3) is 5.11. The Labute approximate surface area is 143 Å². The van der Waals surface area contributed by atoms with Crippen LogP contribution >= 0.6 is 12.4 Å². The number of methoxy groups -OCH3 is 1. The molecule has 12 heteroatoms. The van der Waals surface area contributed by atoms with Crippen LogP contribution in [0.25, 0.3) is 11.0 Å². The summed E-state index contributed by atoms with van der Waals surface area (Å²) in [5, 5.41) is 2.98. The number of halogens is 1. The van der Waals surface area contributed by atoms with Gasteiger partial charge in [-0.3, -0.25) is 14.8 Å². The molecule has 4 N–H and O–H groups in total. The molecule has 10 nitrogen and oxygen atoms in total. The molecule has 2 rings (SSSR count). The number of hydrogen-bond donors (Lipinski definition) is 4. The minimum atomic E-state index is -3.80. The van der Waals surface area contributed by atoms with E-state index in [1.807, 2.05) is 4.98 Å². The maximum Gasteiger partial charge on any atom is 0.327 e. The van der Waals surface area contributed by atoms with Crippen molar-refractivity contribution in [2.24, 2.45) is 0 Å². The van der Waals surface area contributed by atoms with Gasteiger partial charge in [0.2, 0.25) is 10.0 Å². The molecule has 2 heterocycles. The first-order valence-corrected chi connectivity index (χ1v) is 8.24. The van der Waals surface area contributed by atoms with Crippen LogP contribution in [0.3, 0.4) is 0 Å². The highest BCUT2D eigenvalue weighted by Crippen LogP contribution is 2.10. The predicted octanol–water partition coefficient (Wildman–Crippen LogP) is -1.45. The molecule has 0 radical (unpaired) electrons. The van der Waals surface area contributed by atoms with E-state index in [4.69, 9.17) is 4.74 Å². The third-order valence-electron chi connectivity index (χ3n) is 2.95. The highest BCUT2D eigenvalue weighted by Gasteiger charge is 2.15. The fraction of sp³-hybridized carbons (Fsp3) is 0.417. The fourth-order valence-electron chi connectivity index (χ4n) is 1.83. The SMILES string of the molecule is COCCNCCNS(=O)(=O)c1cnc2[nH]c(=O)[nH]c(=O)c2c1.Cl. The number of H-pyrrole nitrogens is 2. The van der Waals surface area contributed by atoms with Gasteiger partial charge in [-0.25, -0.2) is 22.9 Å². The minimum Gasteiger partial charge on any atom is -0.383 e. The van der Waals surface area contributed by atoms with Crippen LogP contribution in [0.4, 0.5) is 0 Å². The monoisotopic (exact) mass is 379 g/mol. The van der Waals surface area contributed by atoms with E-state index in [1.165, 1.54) is 0 Å². The normalized spacial score (nSPS) is 11.4. The Morgan fingerprint density at radius 1 is 1.21 bits per heavy atom. The molecular weight excluding hydrogens is 362 g/mol. The Bertz CT molecular complexity index is 895. The zero-order valence-electron chi connectivity index (χ0n) is 12.8. The summed E-state index contributed by atoms with van der Waals surface area (Å²) < 4.78 is 31.6. The lowest BCUT2D eigenvalue weighted by Crippen LogP contribution is -2.33. The predicted molar refractivity (Wildman–Crippen MR) is 90.2 cm³/mol. The largest absolute Gasteiger partial charge is 0.383 e. The van der Waals surface area contributed by atoms with Gasteiger partial charge in [-0.15, -0.1) is 12.4 Å². The van der Waals surface area contributed by atoms with Gasteiger partial charge in [0.05, 0.1) is 12.0 Å². The summed E-state index contributed by atoms with van der Waals surface area (Å²) in [5.74, 6) is 0. The Kier molecular flexibility index (Phi) is 7.51. The van der Waals surface area contributed by atoms with Crippen LogP contribution in [0.1, 0.15) is 0 Å². The van der Waals surface area contributed by atoms with Crippen LogP contribution < -0.4 is 21.3 Å². The van der Waals surface area contributed by atoms with Crippen LogP contribution in [0.2, 0.25) is 0 Å². The fourth-order valence-corrected chi connectivity index (χ4v) is 2.83. The van der Waals surface area contributed by atoms with Gasteiger partial charge in [0.1, 0.15) is 10.5 Å². The van der Waals surface area contributed by atoms with Crippen molar-refractivity contribution in [3.63, 3.8) is 0 Å². The number of nitrogens with one attached hydrogen (secondary N) is 4. The molecule has 0 spiro atoms. The summed E-state index contributed by atoms with van der Waals surface area (Å²) in [5.41, 5.74) is -1.38. The summed E-state index contributed by atoms with van der Waals surface area (Å²) in [6.07, 6.45) is 1.08. The van der Waals surface area contributed by atoms with Crippen LogP contribution in [0.15, 0.2) is 26.7 Å². The average molecular weight is 380 g/mol. The maximum absolute atomic E-state index is 12.2. The van der Waals surface area contributed by atoms with Crippen molar-refractivity contribution in [1.82, 2.24) is 25.0 Å². The Morgan fingerprint density at radius 3 is 2.67 bits per heavy atom. The third-order valence-corrected chi connectivity index (χ3v) is 4.38. The van der Waals surface area contributed by atoms with Gasteiger partial charge in [-0.1, -0.05) is 0 Å². The molecule has 0 bridgehead atoms.